The van der Waals surface area contributed by atoms with Crippen LogP contribution in [0.2, 0.25) is 0 Å². The molecule has 92 valence electrons. The molecule has 6 heteroatoms. The molecule has 3 rings (SSSR count). The van der Waals surface area contributed by atoms with Crippen molar-refractivity contribution >= 4 is 5.97 Å². The maximum Gasteiger partial charge on any atom is 0.393 e. The molecule has 0 saturated carbocycles. The van der Waals surface area contributed by atoms with E-state index in [4.69, 9.17) is 14.3 Å². The fourth-order valence-electron chi connectivity index (χ4n) is 1.97. The van der Waals surface area contributed by atoms with Crippen LogP contribution in [0.15, 0.2) is 28.7 Å². The lowest BCUT2D eigenvalue weighted by Crippen LogP contribution is -2.19. The second-order valence-electron chi connectivity index (χ2n) is 4.07. The average Bonchev–Trinajstić information content (AvgIpc) is 2.88. The summed E-state index contributed by atoms with van der Waals surface area (Å²) in [6, 6.07) is 7.72. The van der Waals surface area contributed by atoms with E-state index in [2.05, 4.69) is 10.2 Å². The first kappa shape index (κ1) is 10.8. The standard InChI is InChI=1S/C12H10N2O4/c15-12(16)11-14-13-10(18-11)8-5-7-3-1-2-4-9(7)17-6-8/h1-4,8H,5-6H2,(H,15,16). The Morgan fingerprint density at radius 2 is 2.17 bits per heavy atom. The Morgan fingerprint density at radius 1 is 1.33 bits per heavy atom. The topological polar surface area (TPSA) is 85.5 Å². The molecule has 1 aromatic heterocycles. The van der Waals surface area contributed by atoms with Crippen LogP contribution in [0, 0.1) is 0 Å². The third kappa shape index (κ3) is 1.81. The highest BCUT2D eigenvalue weighted by Crippen LogP contribution is 2.31. The Balaban J connectivity index is 1.85. The van der Waals surface area contributed by atoms with Crippen molar-refractivity contribution < 1.29 is 19.1 Å². The minimum atomic E-state index is -1.22. The third-order valence-corrected chi connectivity index (χ3v) is 2.85. The number of ether oxygens (including phenoxy) is 1. The zero-order valence-corrected chi connectivity index (χ0v) is 9.37. The fraction of sp³-hybridized carbons (Fsp3) is 0.250. The number of benzene rings is 1. The molecule has 1 N–H and O–H groups in total. The smallest absolute Gasteiger partial charge is 0.393 e. The molecule has 2 aromatic rings. The number of fused-ring (bicyclic) bond motifs is 1. The number of carboxylic acids is 1. The molecule has 1 atom stereocenters. The van der Waals surface area contributed by atoms with Gasteiger partial charge in [0.1, 0.15) is 12.4 Å². The van der Waals surface area contributed by atoms with E-state index in [1.54, 1.807) is 0 Å². The van der Waals surface area contributed by atoms with Gasteiger partial charge in [-0.25, -0.2) is 4.79 Å². The summed E-state index contributed by atoms with van der Waals surface area (Å²) in [4.78, 5) is 10.7. The first-order valence-electron chi connectivity index (χ1n) is 5.51. The van der Waals surface area contributed by atoms with Crippen LogP contribution < -0.4 is 4.74 Å². The Hall–Kier alpha value is -2.37. The van der Waals surface area contributed by atoms with E-state index in [-0.39, 0.29) is 11.8 Å². The average molecular weight is 246 g/mol. The SMILES string of the molecule is O=C(O)c1nnc(C2COc3ccccc3C2)o1. The van der Waals surface area contributed by atoms with Gasteiger partial charge in [0, 0.05) is 0 Å². The van der Waals surface area contributed by atoms with Gasteiger partial charge in [0.15, 0.2) is 0 Å². The van der Waals surface area contributed by atoms with Gasteiger partial charge in [0.25, 0.3) is 0 Å². The number of carbonyl (C=O) groups is 1. The number of aromatic nitrogens is 2. The first-order chi connectivity index (χ1) is 8.74. The van der Waals surface area contributed by atoms with Crippen LogP contribution in [0.3, 0.4) is 0 Å². The summed E-state index contributed by atoms with van der Waals surface area (Å²) >= 11 is 0. The normalized spacial score (nSPS) is 17.9. The molecular weight excluding hydrogens is 236 g/mol. The van der Waals surface area contributed by atoms with Crippen LogP contribution in [0.4, 0.5) is 0 Å². The zero-order valence-electron chi connectivity index (χ0n) is 9.37. The second-order valence-corrected chi connectivity index (χ2v) is 4.07. The van der Waals surface area contributed by atoms with Gasteiger partial charge in [-0.15, -0.1) is 10.2 Å². The minimum absolute atomic E-state index is 0.0968. The number of hydrogen-bond acceptors (Lipinski definition) is 5. The molecular formula is C12H10N2O4. The van der Waals surface area contributed by atoms with Gasteiger partial charge in [-0.3, -0.25) is 0 Å². The molecule has 1 aliphatic heterocycles. The fourth-order valence-corrected chi connectivity index (χ4v) is 1.97. The molecule has 0 radical (unpaired) electrons. The van der Waals surface area contributed by atoms with Crippen molar-refractivity contribution in [3.8, 4) is 5.75 Å². The van der Waals surface area contributed by atoms with Crippen molar-refractivity contribution in [1.82, 2.24) is 10.2 Å². The second kappa shape index (κ2) is 4.14. The number of hydrogen-bond donors (Lipinski definition) is 1. The van der Waals surface area contributed by atoms with Gasteiger partial charge in [0.2, 0.25) is 5.89 Å². The zero-order chi connectivity index (χ0) is 12.5. The quantitative estimate of drug-likeness (QED) is 0.863. The maximum absolute atomic E-state index is 10.7. The first-order valence-corrected chi connectivity index (χ1v) is 5.51. The van der Waals surface area contributed by atoms with Crippen LogP contribution in [-0.2, 0) is 6.42 Å². The summed E-state index contributed by atoms with van der Waals surface area (Å²) in [5, 5.41) is 16.0. The maximum atomic E-state index is 10.7. The van der Waals surface area contributed by atoms with Crippen molar-refractivity contribution in [3.63, 3.8) is 0 Å². The molecule has 0 amide bonds. The molecule has 1 unspecified atom stereocenters. The van der Waals surface area contributed by atoms with E-state index in [1.807, 2.05) is 24.3 Å². The van der Waals surface area contributed by atoms with Crippen molar-refractivity contribution in [2.24, 2.45) is 0 Å². The highest BCUT2D eigenvalue weighted by molar-refractivity contribution is 5.81. The summed E-state index contributed by atoms with van der Waals surface area (Å²) in [6.07, 6.45) is 0.706. The summed E-state index contributed by atoms with van der Waals surface area (Å²) in [5.74, 6) is -0.538. The van der Waals surface area contributed by atoms with Gasteiger partial charge in [-0.2, -0.15) is 0 Å². The highest BCUT2D eigenvalue weighted by Gasteiger charge is 2.26. The van der Waals surface area contributed by atoms with E-state index in [9.17, 15) is 4.79 Å². The summed E-state index contributed by atoms with van der Waals surface area (Å²) < 4.78 is 10.7. The highest BCUT2D eigenvalue weighted by atomic mass is 16.5. The number of nitrogens with zero attached hydrogens (tertiary/aromatic N) is 2. The van der Waals surface area contributed by atoms with Crippen molar-refractivity contribution in [3.05, 3.63) is 41.6 Å². The number of carboxylic acid groups (broad SMARTS) is 1. The molecule has 0 bridgehead atoms. The lowest BCUT2D eigenvalue weighted by atomic mass is 9.97. The van der Waals surface area contributed by atoms with Gasteiger partial charge in [-0.05, 0) is 18.1 Å². The van der Waals surface area contributed by atoms with E-state index >= 15 is 0 Å². The summed E-state index contributed by atoms with van der Waals surface area (Å²) in [5.41, 5.74) is 1.06. The lowest BCUT2D eigenvalue weighted by Gasteiger charge is -2.22. The predicted molar refractivity (Wildman–Crippen MR) is 59.6 cm³/mol. The Morgan fingerprint density at radius 3 is 2.94 bits per heavy atom. The summed E-state index contributed by atoms with van der Waals surface area (Å²) in [7, 11) is 0. The van der Waals surface area contributed by atoms with E-state index < -0.39 is 5.97 Å². The minimum Gasteiger partial charge on any atom is -0.492 e. The van der Waals surface area contributed by atoms with Gasteiger partial charge in [0.05, 0.1) is 5.92 Å². The van der Waals surface area contributed by atoms with Gasteiger partial charge < -0.3 is 14.3 Å². The molecule has 0 saturated heterocycles. The Bertz CT molecular complexity index is 593. The molecule has 0 fully saturated rings. The monoisotopic (exact) mass is 246 g/mol. The molecule has 0 spiro atoms. The largest absolute Gasteiger partial charge is 0.492 e. The van der Waals surface area contributed by atoms with Crippen molar-refractivity contribution in [2.75, 3.05) is 6.61 Å². The molecule has 18 heavy (non-hydrogen) atoms. The Labute approximate surface area is 102 Å². The third-order valence-electron chi connectivity index (χ3n) is 2.85. The molecule has 2 heterocycles. The van der Waals surface area contributed by atoms with Crippen LogP contribution in [0.5, 0.6) is 5.75 Å². The number of para-hydroxylation sites is 1. The van der Waals surface area contributed by atoms with E-state index in [1.165, 1.54) is 0 Å². The van der Waals surface area contributed by atoms with E-state index in [0.29, 0.717) is 18.9 Å². The molecule has 0 aliphatic carbocycles. The predicted octanol–water partition coefficient (Wildman–Crippen LogP) is 1.49. The molecule has 1 aromatic carbocycles. The van der Waals surface area contributed by atoms with Crippen LogP contribution in [-0.4, -0.2) is 27.9 Å². The number of rotatable bonds is 2. The van der Waals surface area contributed by atoms with Gasteiger partial charge >= 0.3 is 11.9 Å². The Kier molecular flexibility index (Phi) is 2.47. The van der Waals surface area contributed by atoms with Gasteiger partial charge in [-0.1, -0.05) is 18.2 Å². The van der Waals surface area contributed by atoms with Crippen LogP contribution >= 0.6 is 0 Å². The van der Waals surface area contributed by atoms with E-state index in [0.717, 1.165) is 11.3 Å². The molecule has 1 aliphatic rings. The summed E-state index contributed by atoms with van der Waals surface area (Å²) in [6.45, 7) is 0.415. The molecule has 6 nitrogen and oxygen atoms in total. The lowest BCUT2D eigenvalue weighted by molar-refractivity contribution is 0.0649. The van der Waals surface area contributed by atoms with Crippen LogP contribution in [0.25, 0.3) is 0 Å². The van der Waals surface area contributed by atoms with Crippen LogP contribution in [0.1, 0.15) is 28.1 Å². The van der Waals surface area contributed by atoms with Crippen molar-refractivity contribution in [1.29, 1.82) is 0 Å². The number of aromatic carboxylic acids is 1. The van der Waals surface area contributed by atoms with Crippen molar-refractivity contribution in [2.45, 2.75) is 12.3 Å².